The van der Waals surface area contributed by atoms with Crippen LogP contribution in [-0.2, 0) is 16.6 Å². The van der Waals surface area contributed by atoms with Gasteiger partial charge in [0.1, 0.15) is 0 Å². The van der Waals surface area contributed by atoms with Crippen molar-refractivity contribution < 1.29 is 8.42 Å². The van der Waals surface area contributed by atoms with Gasteiger partial charge in [0.15, 0.2) is 0 Å². The van der Waals surface area contributed by atoms with Crippen molar-refractivity contribution in [3.05, 3.63) is 29.8 Å². The lowest BCUT2D eigenvalue weighted by molar-refractivity contribution is 0.387. The van der Waals surface area contributed by atoms with E-state index in [4.69, 9.17) is 0 Å². The normalized spacial score (nSPS) is 19.9. The van der Waals surface area contributed by atoms with Crippen LogP contribution in [0.3, 0.4) is 0 Å². The molecule has 0 atom stereocenters. The molecule has 4 nitrogen and oxygen atoms in total. The fraction of sp³-hybridized carbons (Fsp3) is 0.571. The Labute approximate surface area is 126 Å². The van der Waals surface area contributed by atoms with Gasteiger partial charge >= 0.3 is 0 Å². The van der Waals surface area contributed by atoms with Crippen LogP contribution >= 0.6 is 11.8 Å². The second-order valence-corrected chi connectivity index (χ2v) is 9.36. The summed E-state index contributed by atoms with van der Waals surface area (Å²) in [4.78, 5) is 0.396. The molecule has 6 heteroatoms. The van der Waals surface area contributed by atoms with Gasteiger partial charge in [-0.15, -0.1) is 0 Å². The summed E-state index contributed by atoms with van der Waals surface area (Å²) in [7, 11) is -1.53. The van der Waals surface area contributed by atoms with E-state index >= 15 is 0 Å². The van der Waals surface area contributed by atoms with E-state index in [0.29, 0.717) is 24.5 Å². The van der Waals surface area contributed by atoms with E-state index in [1.807, 2.05) is 30.9 Å². The minimum Gasteiger partial charge on any atom is -0.316 e. The number of hydrogen-bond donors (Lipinski definition) is 1. The molecule has 20 heavy (non-hydrogen) atoms. The summed E-state index contributed by atoms with van der Waals surface area (Å²) < 4.78 is 27.0. The average Bonchev–Trinajstić information content (AvgIpc) is 2.38. The third-order valence-electron chi connectivity index (χ3n) is 3.31. The molecule has 0 unspecified atom stereocenters. The zero-order valence-electron chi connectivity index (χ0n) is 12.2. The van der Waals surface area contributed by atoms with Crippen LogP contribution < -0.4 is 5.32 Å². The summed E-state index contributed by atoms with van der Waals surface area (Å²) in [5.74, 6) is 0.850. The molecule has 1 saturated heterocycles. The monoisotopic (exact) mass is 314 g/mol. The topological polar surface area (TPSA) is 49.4 Å². The molecule has 1 heterocycles. The Hall–Kier alpha value is -0.560. The second kappa shape index (κ2) is 6.05. The Morgan fingerprint density at radius 2 is 2.15 bits per heavy atom. The zero-order chi connectivity index (χ0) is 14.8. The fourth-order valence-corrected chi connectivity index (χ4v) is 5.33. The molecule has 0 saturated carbocycles. The van der Waals surface area contributed by atoms with Crippen LogP contribution in [0.2, 0.25) is 0 Å². The molecular formula is C14H22N2O2S2. The molecule has 0 amide bonds. The molecule has 0 radical (unpaired) electrons. The van der Waals surface area contributed by atoms with Crippen LogP contribution in [0.1, 0.15) is 19.4 Å². The van der Waals surface area contributed by atoms with Crippen molar-refractivity contribution >= 4 is 21.8 Å². The van der Waals surface area contributed by atoms with E-state index in [0.717, 1.165) is 11.3 Å². The lowest BCUT2D eigenvalue weighted by atomic mass is 10.2. The third-order valence-corrected chi connectivity index (χ3v) is 6.45. The molecule has 1 aliphatic heterocycles. The second-order valence-electron chi connectivity index (χ2n) is 5.62. The van der Waals surface area contributed by atoms with Crippen LogP contribution in [0.4, 0.5) is 0 Å². The molecule has 1 N–H and O–H groups in total. The first-order valence-electron chi connectivity index (χ1n) is 6.73. The largest absolute Gasteiger partial charge is 0.316 e. The Bertz CT molecular complexity index is 570. The maximum Gasteiger partial charge on any atom is 0.243 e. The first-order valence-corrected chi connectivity index (χ1v) is 9.15. The number of nitrogens with one attached hydrogen (secondary N) is 1. The van der Waals surface area contributed by atoms with Gasteiger partial charge in [0.25, 0.3) is 0 Å². The van der Waals surface area contributed by atoms with Gasteiger partial charge in [0.05, 0.1) is 4.90 Å². The molecule has 0 spiro atoms. The first kappa shape index (κ1) is 15.8. The van der Waals surface area contributed by atoms with Crippen molar-refractivity contribution in [1.29, 1.82) is 0 Å². The summed E-state index contributed by atoms with van der Waals surface area (Å²) in [5.41, 5.74) is 0.985. The van der Waals surface area contributed by atoms with Crippen LogP contribution in [0.5, 0.6) is 0 Å². The summed E-state index contributed by atoms with van der Waals surface area (Å²) in [5, 5.41) is 3.04. The van der Waals surface area contributed by atoms with E-state index in [1.165, 1.54) is 0 Å². The molecule has 1 fully saturated rings. The third kappa shape index (κ3) is 3.55. The Morgan fingerprint density at radius 3 is 2.80 bits per heavy atom. The average molecular weight is 314 g/mol. The number of thioether (sulfide) groups is 1. The molecule has 1 aliphatic rings. The number of nitrogens with zero attached hydrogens (tertiary/aromatic N) is 1. The molecule has 112 valence electrons. The summed E-state index contributed by atoms with van der Waals surface area (Å²) >= 11 is 1.83. The highest BCUT2D eigenvalue weighted by Gasteiger charge is 2.34. The molecule has 1 aromatic rings. The van der Waals surface area contributed by atoms with Crippen molar-refractivity contribution in [2.24, 2.45) is 0 Å². The molecule has 0 aromatic heterocycles. The molecular weight excluding hydrogens is 292 g/mol. The Balaban J connectivity index is 2.28. The number of sulfonamides is 1. The highest BCUT2D eigenvalue weighted by molar-refractivity contribution is 8.00. The number of hydrogen-bond acceptors (Lipinski definition) is 4. The maximum absolute atomic E-state index is 12.7. The molecule has 0 bridgehead atoms. The minimum absolute atomic E-state index is 0.0199. The zero-order valence-corrected chi connectivity index (χ0v) is 13.9. The summed E-state index contributed by atoms with van der Waals surface area (Å²) in [6.07, 6.45) is 0. The van der Waals surface area contributed by atoms with E-state index in [9.17, 15) is 8.42 Å². The van der Waals surface area contributed by atoms with Crippen LogP contribution in [0, 0.1) is 0 Å². The van der Waals surface area contributed by atoms with E-state index < -0.39 is 10.0 Å². The van der Waals surface area contributed by atoms with Crippen LogP contribution in [0.25, 0.3) is 0 Å². The van der Waals surface area contributed by atoms with Gasteiger partial charge in [0, 0.05) is 30.1 Å². The summed E-state index contributed by atoms with van der Waals surface area (Å²) in [6, 6.07) is 7.19. The number of rotatable bonds is 4. The summed E-state index contributed by atoms with van der Waals surface area (Å²) in [6.45, 7) is 6.02. The molecule has 2 rings (SSSR count). The van der Waals surface area contributed by atoms with Gasteiger partial charge in [-0.25, -0.2) is 8.42 Å². The van der Waals surface area contributed by atoms with E-state index in [1.54, 1.807) is 16.4 Å². The van der Waals surface area contributed by atoms with Gasteiger partial charge in [-0.2, -0.15) is 16.1 Å². The Kier molecular flexibility index (Phi) is 4.79. The highest BCUT2D eigenvalue weighted by atomic mass is 32.2. The van der Waals surface area contributed by atoms with Gasteiger partial charge in [-0.1, -0.05) is 12.1 Å². The van der Waals surface area contributed by atoms with Crippen molar-refractivity contribution in [3.63, 3.8) is 0 Å². The van der Waals surface area contributed by atoms with Crippen LogP contribution in [-0.4, -0.2) is 43.4 Å². The molecule has 1 aromatic carbocycles. The predicted octanol–water partition coefficient (Wildman–Crippen LogP) is 1.92. The van der Waals surface area contributed by atoms with Gasteiger partial charge in [-0.05, 0) is 38.6 Å². The van der Waals surface area contributed by atoms with Crippen molar-refractivity contribution in [2.45, 2.75) is 30.0 Å². The SMILES string of the molecule is CNCc1cccc(S(=O)(=O)N2CCSC(C)(C)C2)c1. The quantitative estimate of drug-likeness (QED) is 0.922. The smallest absolute Gasteiger partial charge is 0.243 e. The van der Waals surface area contributed by atoms with Crippen molar-refractivity contribution in [1.82, 2.24) is 9.62 Å². The van der Waals surface area contributed by atoms with Crippen LogP contribution in [0.15, 0.2) is 29.2 Å². The lowest BCUT2D eigenvalue weighted by Gasteiger charge is -2.36. The number of benzene rings is 1. The van der Waals surface area contributed by atoms with Gasteiger partial charge < -0.3 is 5.32 Å². The molecule has 0 aliphatic carbocycles. The maximum atomic E-state index is 12.7. The lowest BCUT2D eigenvalue weighted by Crippen LogP contribution is -2.46. The van der Waals surface area contributed by atoms with E-state index in [-0.39, 0.29) is 4.75 Å². The Morgan fingerprint density at radius 1 is 1.40 bits per heavy atom. The van der Waals surface area contributed by atoms with Gasteiger partial charge in [0.2, 0.25) is 10.0 Å². The first-order chi connectivity index (χ1) is 9.35. The van der Waals surface area contributed by atoms with E-state index in [2.05, 4.69) is 19.2 Å². The van der Waals surface area contributed by atoms with Crippen molar-refractivity contribution in [2.75, 3.05) is 25.9 Å². The minimum atomic E-state index is -3.38. The fourth-order valence-electron chi connectivity index (χ4n) is 2.35. The highest BCUT2D eigenvalue weighted by Crippen LogP contribution is 2.32. The van der Waals surface area contributed by atoms with Crippen molar-refractivity contribution in [3.8, 4) is 0 Å². The predicted molar refractivity (Wildman–Crippen MR) is 84.5 cm³/mol. The van der Waals surface area contributed by atoms with Gasteiger partial charge in [-0.3, -0.25) is 0 Å². The standard InChI is InChI=1S/C14H22N2O2S2/c1-14(2)11-16(7-8-19-14)20(17,18)13-6-4-5-12(9-13)10-15-3/h4-6,9,15H,7-8,10-11H2,1-3H3.